The number of ether oxygens (including phenoxy) is 3. The molecule has 2 aromatic carbocycles. The number of nitrogens with two attached hydrogens (primary N) is 1. The van der Waals surface area contributed by atoms with Gasteiger partial charge in [-0.3, -0.25) is 4.79 Å². The molecule has 0 aliphatic carbocycles. The lowest BCUT2D eigenvalue weighted by atomic mass is 9.98. The number of aromatic nitrogens is 2. The summed E-state index contributed by atoms with van der Waals surface area (Å²) in [5.41, 5.74) is 8.24. The largest absolute Gasteiger partial charge is 0.497 e. The molecule has 3 aromatic rings. The van der Waals surface area contributed by atoms with E-state index >= 15 is 0 Å². The molecule has 0 saturated heterocycles. The van der Waals surface area contributed by atoms with Gasteiger partial charge in [0.05, 0.1) is 38.8 Å². The molecule has 1 amide bonds. The van der Waals surface area contributed by atoms with E-state index in [2.05, 4.69) is 10.2 Å². The van der Waals surface area contributed by atoms with Crippen molar-refractivity contribution in [3.63, 3.8) is 0 Å². The summed E-state index contributed by atoms with van der Waals surface area (Å²) < 4.78 is 16.8. The molecule has 1 aliphatic rings. The zero-order valence-electron chi connectivity index (χ0n) is 18.3. The minimum absolute atomic E-state index is 0.147. The smallest absolute Gasteiger partial charge is 0.253 e. The van der Waals surface area contributed by atoms with E-state index in [-0.39, 0.29) is 17.7 Å². The van der Waals surface area contributed by atoms with Gasteiger partial charge in [0.15, 0.2) is 15.8 Å². The molecule has 1 unspecified atom stereocenters. The molecule has 33 heavy (non-hydrogen) atoms. The van der Waals surface area contributed by atoms with E-state index in [9.17, 15) is 4.79 Å². The number of nitrogen functional groups attached to an aromatic ring is 1. The van der Waals surface area contributed by atoms with E-state index in [4.69, 9.17) is 25.0 Å². The van der Waals surface area contributed by atoms with Gasteiger partial charge in [-0.1, -0.05) is 41.3 Å². The van der Waals surface area contributed by atoms with Crippen molar-refractivity contribution < 1.29 is 19.0 Å². The highest BCUT2D eigenvalue weighted by atomic mass is 32.2. The van der Waals surface area contributed by atoms with Crippen LogP contribution in [0.1, 0.15) is 23.6 Å². The van der Waals surface area contributed by atoms with Gasteiger partial charge >= 0.3 is 0 Å². The van der Waals surface area contributed by atoms with Crippen LogP contribution in [0.15, 0.2) is 51.9 Å². The molecule has 1 atom stereocenters. The third-order valence-corrected chi connectivity index (χ3v) is 6.97. The van der Waals surface area contributed by atoms with Gasteiger partial charge in [0.2, 0.25) is 5.13 Å². The third-order valence-electron chi connectivity index (χ3n) is 5.10. The standard InChI is InChI=1S/C22H23N5O4S2/c1-29-15-6-4-5-13(9-15)16-11-17(14-7-8-18(30-2)19(10-14)31-3)27(26-16)20(28)12-32-22-25-24-21(23)33-22/h4-10,17H,11-12H2,1-3H3,(H2,23,24). The molecule has 11 heteroatoms. The number of nitrogens with zero attached hydrogens (tertiary/aromatic N) is 4. The van der Waals surface area contributed by atoms with Crippen LogP contribution in [0.4, 0.5) is 5.13 Å². The third kappa shape index (κ3) is 5.04. The van der Waals surface area contributed by atoms with Crippen molar-refractivity contribution in [2.24, 2.45) is 5.10 Å². The Balaban J connectivity index is 1.64. The van der Waals surface area contributed by atoms with Crippen LogP contribution in [-0.2, 0) is 4.79 Å². The van der Waals surface area contributed by atoms with Crippen LogP contribution in [0.5, 0.6) is 17.2 Å². The summed E-state index contributed by atoms with van der Waals surface area (Å²) in [5, 5.41) is 14.4. The van der Waals surface area contributed by atoms with E-state index in [0.29, 0.717) is 27.4 Å². The van der Waals surface area contributed by atoms with E-state index in [0.717, 1.165) is 22.6 Å². The number of anilines is 1. The molecule has 1 aliphatic heterocycles. The van der Waals surface area contributed by atoms with Crippen LogP contribution < -0.4 is 19.9 Å². The lowest BCUT2D eigenvalue weighted by molar-refractivity contribution is -0.130. The van der Waals surface area contributed by atoms with Gasteiger partial charge in [-0.15, -0.1) is 10.2 Å². The number of carbonyl (C=O) groups excluding carboxylic acids is 1. The number of amides is 1. The topological polar surface area (TPSA) is 112 Å². The van der Waals surface area contributed by atoms with Crippen molar-refractivity contribution in [2.45, 2.75) is 16.8 Å². The molecule has 0 radical (unpaired) electrons. The van der Waals surface area contributed by atoms with Crippen LogP contribution in [0.2, 0.25) is 0 Å². The highest BCUT2D eigenvalue weighted by Crippen LogP contribution is 2.38. The van der Waals surface area contributed by atoms with Crippen LogP contribution in [0.25, 0.3) is 0 Å². The minimum atomic E-state index is -0.293. The average Bonchev–Trinajstić information content (AvgIpc) is 3.48. The fraction of sp³-hybridized carbons (Fsp3) is 0.273. The Morgan fingerprint density at radius 3 is 2.64 bits per heavy atom. The first-order chi connectivity index (χ1) is 16.0. The molecule has 1 aromatic heterocycles. The van der Waals surface area contributed by atoms with Gasteiger partial charge in [-0.25, -0.2) is 5.01 Å². The van der Waals surface area contributed by atoms with Crippen LogP contribution in [0, 0.1) is 0 Å². The van der Waals surface area contributed by atoms with E-state index in [1.165, 1.54) is 28.1 Å². The molecule has 0 fully saturated rings. The van der Waals surface area contributed by atoms with Crippen LogP contribution >= 0.6 is 23.1 Å². The monoisotopic (exact) mass is 485 g/mol. The number of hydrogen-bond acceptors (Lipinski definition) is 10. The Morgan fingerprint density at radius 1 is 1.12 bits per heavy atom. The molecule has 172 valence electrons. The lowest BCUT2D eigenvalue weighted by Crippen LogP contribution is -2.28. The maximum absolute atomic E-state index is 13.2. The summed E-state index contributed by atoms with van der Waals surface area (Å²) in [5.74, 6) is 1.96. The van der Waals surface area contributed by atoms with Crippen molar-refractivity contribution in [1.29, 1.82) is 0 Å². The Kier molecular flexibility index (Phi) is 6.99. The molecule has 0 spiro atoms. The first-order valence-corrected chi connectivity index (χ1v) is 11.8. The van der Waals surface area contributed by atoms with Crippen molar-refractivity contribution in [3.8, 4) is 17.2 Å². The number of methoxy groups -OCH3 is 3. The molecular weight excluding hydrogens is 462 g/mol. The lowest BCUT2D eigenvalue weighted by Gasteiger charge is -2.22. The molecule has 0 saturated carbocycles. The van der Waals surface area contributed by atoms with Crippen molar-refractivity contribution in [3.05, 3.63) is 53.6 Å². The van der Waals surface area contributed by atoms with Gasteiger partial charge in [-0.05, 0) is 29.8 Å². The Morgan fingerprint density at radius 2 is 1.94 bits per heavy atom. The van der Waals surface area contributed by atoms with E-state index in [1.807, 2.05) is 42.5 Å². The molecule has 2 heterocycles. The minimum Gasteiger partial charge on any atom is -0.497 e. The number of rotatable bonds is 8. The van der Waals surface area contributed by atoms with Gasteiger partial charge in [0.1, 0.15) is 5.75 Å². The zero-order valence-corrected chi connectivity index (χ0v) is 20.0. The number of carbonyl (C=O) groups is 1. The Labute approximate surface area is 199 Å². The first-order valence-electron chi connectivity index (χ1n) is 10.00. The fourth-order valence-electron chi connectivity index (χ4n) is 3.51. The predicted octanol–water partition coefficient (Wildman–Crippen LogP) is 3.62. The summed E-state index contributed by atoms with van der Waals surface area (Å²) in [6, 6.07) is 13.0. The molecular formula is C22H23N5O4S2. The molecule has 0 bridgehead atoms. The highest BCUT2D eigenvalue weighted by Gasteiger charge is 2.34. The fourth-order valence-corrected chi connectivity index (χ4v) is 4.99. The molecule has 4 rings (SSSR count). The van der Waals surface area contributed by atoms with Gasteiger partial charge in [0.25, 0.3) is 5.91 Å². The van der Waals surface area contributed by atoms with E-state index < -0.39 is 0 Å². The van der Waals surface area contributed by atoms with Crippen molar-refractivity contribution in [1.82, 2.24) is 15.2 Å². The summed E-state index contributed by atoms with van der Waals surface area (Å²) in [6.07, 6.45) is 0.546. The second kappa shape index (κ2) is 10.1. The van der Waals surface area contributed by atoms with Crippen molar-refractivity contribution >= 4 is 39.8 Å². The predicted molar refractivity (Wildman–Crippen MR) is 128 cm³/mol. The second-order valence-electron chi connectivity index (χ2n) is 7.05. The Bertz CT molecular complexity index is 1180. The van der Waals surface area contributed by atoms with Crippen LogP contribution in [0.3, 0.4) is 0 Å². The zero-order chi connectivity index (χ0) is 23.4. The average molecular weight is 486 g/mol. The summed E-state index contributed by atoms with van der Waals surface area (Å²) >= 11 is 2.54. The quantitative estimate of drug-likeness (QED) is 0.482. The maximum atomic E-state index is 13.2. The van der Waals surface area contributed by atoms with Crippen LogP contribution in [-0.4, -0.2) is 53.9 Å². The maximum Gasteiger partial charge on any atom is 0.253 e. The number of thioether (sulfide) groups is 1. The normalized spacial score (nSPS) is 15.3. The molecule has 2 N–H and O–H groups in total. The first kappa shape index (κ1) is 22.9. The summed E-state index contributed by atoms with van der Waals surface area (Å²) in [6.45, 7) is 0. The van der Waals surface area contributed by atoms with Gasteiger partial charge in [0, 0.05) is 12.0 Å². The van der Waals surface area contributed by atoms with Gasteiger partial charge < -0.3 is 19.9 Å². The number of hydrazone groups is 1. The SMILES string of the molecule is COc1cccc(C2=NN(C(=O)CSc3nnc(N)s3)C(c3ccc(OC)c(OC)c3)C2)c1. The number of hydrogen-bond donors (Lipinski definition) is 1. The van der Waals surface area contributed by atoms with E-state index in [1.54, 1.807) is 21.3 Å². The van der Waals surface area contributed by atoms with Crippen molar-refractivity contribution in [2.75, 3.05) is 32.8 Å². The molecule has 9 nitrogen and oxygen atoms in total. The highest BCUT2D eigenvalue weighted by molar-refractivity contribution is 8.01. The second-order valence-corrected chi connectivity index (χ2v) is 9.28. The Hall–Kier alpha value is -3.31. The number of benzene rings is 2. The van der Waals surface area contributed by atoms with Gasteiger partial charge in [-0.2, -0.15) is 5.10 Å². The summed E-state index contributed by atoms with van der Waals surface area (Å²) in [4.78, 5) is 13.2. The summed E-state index contributed by atoms with van der Waals surface area (Å²) in [7, 11) is 4.79.